The van der Waals surface area contributed by atoms with Crippen LogP contribution in [-0.2, 0) is 14.3 Å². The van der Waals surface area contributed by atoms with Gasteiger partial charge in [-0.05, 0) is 38.6 Å². The molecule has 6 heteroatoms. The number of unbranched alkanes of at least 4 members (excludes halogenated alkanes) is 10. The summed E-state index contributed by atoms with van der Waals surface area (Å²) < 4.78 is 5.30. The van der Waals surface area contributed by atoms with Crippen molar-refractivity contribution in [2.24, 2.45) is 0 Å². The molecule has 0 saturated carbocycles. The molecule has 6 nitrogen and oxygen atoms in total. The molecule has 1 aliphatic heterocycles. The first-order chi connectivity index (χ1) is 14.0. The van der Waals surface area contributed by atoms with Gasteiger partial charge in [0.05, 0.1) is 12.7 Å². The second kappa shape index (κ2) is 16.6. The predicted octanol–water partition coefficient (Wildman–Crippen LogP) is 4.53. The third kappa shape index (κ3) is 12.9. The molecule has 0 amide bonds. The Morgan fingerprint density at radius 3 is 2.17 bits per heavy atom. The lowest BCUT2D eigenvalue weighted by Gasteiger charge is -2.35. The van der Waals surface area contributed by atoms with Gasteiger partial charge in [0.1, 0.15) is 6.04 Å². The number of aliphatic hydroxyl groups excluding tert-OH is 1. The van der Waals surface area contributed by atoms with Crippen molar-refractivity contribution in [2.45, 2.75) is 115 Å². The number of hydrogen-bond donors (Lipinski definition) is 2. The van der Waals surface area contributed by atoms with E-state index in [9.17, 15) is 19.8 Å². The van der Waals surface area contributed by atoms with Gasteiger partial charge in [-0.3, -0.25) is 14.5 Å². The fraction of sp³-hybridized carbons (Fsp3) is 0.913. The van der Waals surface area contributed by atoms with Crippen molar-refractivity contribution in [1.82, 2.24) is 4.90 Å². The number of β-amino-alcohol motifs (C(OH)–C–C–N with tert-alkyl or cyclic N) is 1. The smallest absolute Gasteiger partial charge is 0.320 e. The second-order valence-electron chi connectivity index (χ2n) is 8.44. The Bertz CT molecular complexity index is 443. The first kappa shape index (κ1) is 25.9. The van der Waals surface area contributed by atoms with Crippen molar-refractivity contribution in [3.8, 4) is 0 Å². The first-order valence-corrected chi connectivity index (χ1v) is 11.8. The van der Waals surface area contributed by atoms with Crippen LogP contribution in [0.2, 0.25) is 0 Å². The Labute approximate surface area is 177 Å². The highest BCUT2D eigenvalue weighted by Gasteiger charge is 2.31. The zero-order valence-electron chi connectivity index (χ0n) is 18.4. The highest BCUT2D eigenvalue weighted by Crippen LogP contribution is 2.19. The maximum atomic E-state index is 11.8. The van der Waals surface area contributed by atoms with E-state index in [1.165, 1.54) is 44.9 Å². The molecule has 0 spiro atoms. The van der Waals surface area contributed by atoms with Crippen molar-refractivity contribution < 1.29 is 24.5 Å². The van der Waals surface area contributed by atoms with Crippen LogP contribution in [0.25, 0.3) is 0 Å². The van der Waals surface area contributed by atoms with E-state index in [-0.39, 0.29) is 5.97 Å². The molecule has 0 aromatic heterocycles. The fourth-order valence-corrected chi connectivity index (χ4v) is 3.98. The lowest BCUT2D eigenvalue weighted by atomic mass is 9.99. The highest BCUT2D eigenvalue weighted by molar-refractivity contribution is 5.73. The number of carbonyl (C=O) groups excluding carboxylic acids is 1. The molecular weight excluding hydrogens is 370 g/mol. The normalized spacial score (nSPS) is 19.9. The van der Waals surface area contributed by atoms with Gasteiger partial charge in [0.2, 0.25) is 0 Å². The summed E-state index contributed by atoms with van der Waals surface area (Å²) in [6, 6.07) is -0.486. The highest BCUT2D eigenvalue weighted by atomic mass is 16.5. The monoisotopic (exact) mass is 413 g/mol. The molecule has 29 heavy (non-hydrogen) atoms. The van der Waals surface area contributed by atoms with Gasteiger partial charge in [-0.1, -0.05) is 64.7 Å². The van der Waals surface area contributed by atoms with Crippen molar-refractivity contribution in [2.75, 3.05) is 19.7 Å². The summed E-state index contributed by atoms with van der Waals surface area (Å²) in [5.41, 5.74) is 0. The lowest BCUT2D eigenvalue weighted by molar-refractivity contribution is -0.146. The van der Waals surface area contributed by atoms with E-state index in [1.54, 1.807) is 0 Å². The minimum atomic E-state index is -0.808. The van der Waals surface area contributed by atoms with E-state index in [1.807, 2.05) is 4.90 Å². The summed E-state index contributed by atoms with van der Waals surface area (Å²) >= 11 is 0. The number of piperidine rings is 1. The molecule has 2 N–H and O–H groups in total. The molecule has 2 atom stereocenters. The zero-order chi connectivity index (χ0) is 21.3. The van der Waals surface area contributed by atoms with Crippen LogP contribution >= 0.6 is 0 Å². The number of hydrogen-bond acceptors (Lipinski definition) is 5. The molecule has 1 aliphatic rings. The number of likely N-dealkylation sites (tertiary alicyclic amines) is 1. The van der Waals surface area contributed by atoms with E-state index >= 15 is 0 Å². The van der Waals surface area contributed by atoms with Crippen LogP contribution in [0.4, 0.5) is 0 Å². The summed E-state index contributed by atoms with van der Waals surface area (Å²) in [6.07, 6.45) is 14.8. The molecule has 0 bridgehead atoms. The van der Waals surface area contributed by atoms with Crippen LogP contribution in [0.15, 0.2) is 0 Å². The minimum absolute atomic E-state index is 0.124. The molecule has 1 rings (SSSR count). The van der Waals surface area contributed by atoms with Crippen molar-refractivity contribution in [3.05, 3.63) is 0 Å². The van der Waals surface area contributed by atoms with Gasteiger partial charge < -0.3 is 14.9 Å². The number of esters is 1. The number of rotatable bonds is 17. The maximum Gasteiger partial charge on any atom is 0.320 e. The summed E-state index contributed by atoms with van der Waals surface area (Å²) in [5.74, 6) is -0.932. The molecular formula is C23H43NO5. The zero-order valence-corrected chi connectivity index (χ0v) is 18.4. The number of aliphatic carboxylic acids is 1. The quantitative estimate of drug-likeness (QED) is 0.269. The van der Waals surface area contributed by atoms with E-state index in [4.69, 9.17) is 4.74 Å². The van der Waals surface area contributed by atoms with Crippen molar-refractivity contribution in [1.29, 1.82) is 0 Å². The van der Waals surface area contributed by atoms with E-state index < -0.39 is 18.1 Å². The number of carbonyl (C=O) groups is 2. The minimum Gasteiger partial charge on any atom is -0.480 e. The fourth-order valence-electron chi connectivity index (χ4n) is 3.98. The third-order valence-corrected chi connectivity index (χ3v) is 5.78. The SMILES string of the molecule is CCCCCCCCCCCOC(=O)CCCCCN1C[C@H](O)CC[C@H]1C(=O)O. The van der Waals surface area contributed by atoms with Crippen LogP contribution in [-0.4, -0.2) is 58.9 Å². The Morgan fingerprint density at radius 1 is 0.897 bits per heavy atom. The molecule has 0 aliphatic carbocycles. The number of nitrogens with zero attached hydrogens (tertiary/aromatic N) is 1. The molecule has 0 unspecified atom stereocenters. The van der Waals surface area contributed by atoms with Gasteiger partial charge in [-0.25, -0.2) is 0 Å². The van der Waals surface area contributed by atoms with Crippen LogP contribution in [0.1, 0.15) is 103 Å². The van der Waals surface area contributed by atoms with Gasteiger partial charge in [0, 0.05) is 13.0 Å². The molecule has 1 heterocycles. The number of carboxylic acid groups (broad SMARTS) is 1. The maximum absolute atomic E-state index is 11.8. The average molecular weight is 414 g/mol. The van der Waals surface area contributed by atoms with E-state index in [2.05, 4.69) is 6.92 Å². The van der Waals surface area contributed by atoms with Crippen LogP contribution in [0.5, 0.6) is 0 Å². The van der Waals surface area contributed by atoms with Gasteiger partial charge in [-0.2, -0.15) is 0 Å². The van der Waals surface area contributed by atoms with E-state index in [0.717, 1.165) is 32.1 Å². The summed E-state index contributed by atoms with van der Waals surface area (Å²) in [7, 11) is 0. The van der Waals surface area contributed by atoms with Crippen LogP contribution in [0.3, 0.4) is 0 Å². The number of carboxylic acids is 1. The average Bonchev–Trinajstić information content (AvgIpc) is 2.69. The number of ether oxygens (including phenoxy) is 1. The third-order valence-electron chi connectivity index (χ3n) is 5.78. The lowest BCUT2D eigenvalue weighted by Crippen LogP contribution is -2.49. The summed E-state index contributed by atoms with van der Waals surface area (Å²) in [4.78, 5) is 24.9. The molecule has 1 saturated heterocycles. The molecule has 0 radical (unpaired) electrons. The molecule has 1 fully saturated rings. The van der Waals surface area contributed by atoms with Crippen LogP contribution < -0.4 is 0 Å². The van der Waals surface area contributed by atoms with Crippen molar-refractivity contribution in [3.63, 3.8) is 0 Å². The molecule has 170 valence electrons. The van der Waals surface area contributed by atoms with Gasteiger partial charge >= 0.3 is 11.9 Å². The van der Waals surface area contributed by atoms with Gasteiger partial charge in [0.25, 0.3) is 0 Å². The predicted molar refractivity (Wildman–Crippen MR) is 115 cm³/mol. The standard InChI is InChI=1S/C23H43NO5/c1-2-3-4-5-6-7-8-9-13-18-29-22(26)14-11-10-12-17-24-19-20(25)15-16-21(24)23(27)28/h20-21,25H,2-19H2,1H3,(H,27,28)/t20-,21+/m1/s1. The largest absolute Gasteiger partial charge is 0.480 e. The summed E-state index contributed by atoms with van der Waals surface area (Å²) in [6.45, 7) is 3.85. The molecule has 0 aromatic carbocycles. The Balaban J connectivity index is 1.94. The molecule has 0 aromatic rings. The summed E-state index contributed by atoms with van der Waals surface area (Å²) in [5, 5.41) is 19.0. The second-order valence-corrected chi connectivity index (χ2v) is 8.44. The Kier molecular flexibility index (Phi) is 14.9. The van der Waals surface area contributed by atoms with Crippen LogP contribution in [0, 0.1) is 0 Å². The Hall–Kier alpha value is -1.14. The topological polar surface area (TPSA) is 87.1 Å². The number of aliphatic hydroxyl groups is 1. The van der Waals surface area contributed by atoms with E-state index in [0.29, 0.717) is 39.0 Å². The van der Waals surface area contributed by atoms with Gasteiger partial charge in [-0.15, -0.1) is 0 Å². The van der Waals surface area contributed by atoms with Gasteiger partial charge in [0.15, 0.2) is 0 Å². The van der Waals surface area contributed by atoms with Crippen molar-refractivity contribution >= 4 is 11.9 Å². The first-order valence-electron chi connectivity index (χ1n) is 11.8. The Morgan fingerprint density at radius 2 is 1.52 bits per heavy atom.